The molecule has 1 aliphatic heterocycles. The van der Waals surface area contributed by atoms with Crippen LogP contribution in [0.5, 0.6) is 0 Å². The van der Waals surface area contributed by atoms with E-state index in [1.807, 2.05) is 0 Å². The molecule has 3 heteroatoms. The second kappa shape index (κ2) is 8.54. The van der Waals surface area contributed by atoms with Crippen molar-refractivity contribution in [1.82, 2.24) is 10.6 Å². The summed E-state index contributed by atoms with van der Waals surface area (Å²) >= 11 is 0.405. The van der Waals surface area contributed by atoms with Crippen LogP contribution in [0.3, 0.4) is 0 Å². The molecule has 1 heterocycles. The first-order valence-corrected chi connectivity index (χ1v) is 10.3. The van der Waals surface area contributed by atoms with E-state index in [9.17, 15) is 0 Å². The Bertz CT molecular complexity index is 245. The van der Waals surface area contributed by atoms with Crippen LogP contribution in [0.1, 0.15) is 46.5 Å². The van der Waals surface area contributed by atoms with Gasteiger partial charge in [-0.1, -0.05) is 0 Å². The molecule has 108 valence electrons. The van der Waals surface area contributed by atoms with Crippen LogP contribution < -0.4 is 31.8 Å². The summed E-state index contributed by atoms with van der Waals surface area (Å²) in [7, 11) is 0. The number of hydrogen-bond donors (Lipinski definition) is 2. The van der Waals surface area contributed by atoms with Gasteiger partial charge in [-0.3, -0.25) is 0 Å². The molecule has 0 radical (unpaired) electrons. The molecule has 0 bridgehead atoms. The van der Waals surface area contributed by atoms with Crippen molar-refractivity contribution >= 4 is 0 Å². The van der Waals surface area contributed by atoms with Crippen molar-refractivity contribution in [1.29, 1.82) is 0 Å². The molecule has 2 N–H and O–H groups in total. The molecule has 1 saturated heterocycles. The number of allylic oxidation sites excluding steroid dienone is 1. The third kappa shape index (κ3) is 4.49. The van der Waals surface area contributed by atoms with Crippen LogP contribution >= 0.6 is 0 Å². The molecule has 18 heavy (non-hydrogen) atoms. The summed E-state index contributed by atoms with van der Waals surface area (Å²) < 4.78 is 2.75. The van der Waals surface area contributed by atoms with Gasteiger partial charge in [0.15, 0.2) is 0 Å². The molecule has 0 aromatic rings. The van der Waals surface area contributed by atoms with Gasteiger partial charge in [-0.05, 0) is 0 Å². The SMILES string of the molecule is C=CC[I-]CCCCC1NCN[C@@]1(C)[C@H](C)CC. The zero-order chi connectivity index (χ0) is 13.4. The average Bonchev–Trinajstić information content (AvgIpc) is 2.75. The van der Waals surface area contributed by atoms with Crippen LogP contribution in [0.25, 0.3) is 0 Å². The Kier molecular flexibility index (Phi) is 7.80. The van der Waals surface area contributed by atoms with Crippen molar-refractivity contribution in [3.8, 4) is 0 Å². The summed E-state index contributed by atoms with van der Waals surface area (Å²) in [4.78, 5) is 0. The zero-order valence-electron chi connectivity index (χ0n) is 12.3. The second-order valence-electron chi connectivity index (χ2n) is 5.52. The summed E-state index contributed by atoms with van der Waals surface area (Å²) in [6, 6.07) is 0.657. The predicted molar refractivity (Wildman–Crippen MR) is 76.6 cm³/mol. The van der Waals surface area contributed by atoms with Gasteiger partial charge in [0.05, 0.1) is 0 Å². The fourth-order valence-electron chi connectivity index (χ4n) is 2.74. The van der Waals surface area contributed by atoms with E-state index in [0.717, 1.165) is 12.6 Å². The van der Waals surface area contributed by atoms with E-state index in [2.05, 4.69) is 44.1 Å². The Morgan fingerprint density at radius 1 is 1.50 bits per heavy atom. The molecular formula is C15H30IN2-. The van der Waals surface area contributed by atoms with Crippen LogP contribution in [0.15, 0.2) is 12.7 Å². The molecule has 0 saturated carbocycles. The first-order valence-electron chi connectivity index (χ1n) is 7.28. The maximum atomic E-state index is 3.80. The first-order chi connectivity index (χ1) is 8.65. The van der Waals surface area contributed by atoms with E-state index in [4.69, 9.17) is 0 Å². The van der Waals surface area contributed by atoms with Crippen LogP contribution in [-0.2, 0) is 0 Å². The predicted octanol–water partition coefficient (Wildman–Crippen LogP) is -0.245. The normalized spacial score (nSPS) is 29.6. The van der Waals surface area contributed by atoms with Gasteiger partial charge in [-0.15, -0.1) is 0 Å². The van der Waals surface area contributed by atoms with Gasteiger partial charge < -0.3 is 0 Å². The molecule has 0 spiro atoms. The molecule has 0 aromatic heterocycles. The number of halogens is 1. The minimum atomic E-state index is 0.297. The number of rotatable bonds is 9. The third-order valence-electron chi connectivity index (χ3n) is 4.41. The Hall–Kier alpha value is 0.390. The fourth-order valence-corrected chi connectivity index (χ4v) is 4.69. The van der Waals surface area contributed by atoms with Crippen LogP contribution in [0, 0.1) is 5.92 Å². The summed E-state index contributed by atoms with van der Waals surface area (Å²) in [5, 5.41) is 7.32. The Labute approximate surface area is 124 Å². The van der Waals surface area contributed by atoms with Gasteiger partial charge in [0.1, 0.15) is 0 Å². The molecule has 1 rings (SSSR count). The third-order valence-corrected chi connectivity index (χ3v) is 7.18. The van der Waals surface area contributed by atoms with Gasteiger partial charge in [-0.25, -0.2) is 0 Å². The van der Waals surface area contributed by atoms with Crippen molar-refractivity contribution in [2.24, 2.45) is 5.92 Å². The number of hydrogen-bond acceptors (Lipinski definition) is 2. The van der Waals surface area contributed by atoms with Crippen molar-refractivity contribution < 1.29 is 21.2 Å². The van der Waals surface area contributed by atoms with Crippen LogP contribution in [0.2, 0.25) is 0 Å². The summed E-state index contributed by atoms with van der Waals surface area (Å²) in [5.41, 5.74) is 0.297. The zero-order valence-corrected chi connectivity index (χ0v) is 14.4. The maximum absolute atomic E-state index is 3.80. The standard InChI is InChI=1S/C15H30IN2/c1-5-10-16-11-8-7-9-14-15(4,13(3)6-2)18-12-17-14/h5,13-14,17-18H,1,6-12H2,2-4H3/q-1/t13-,14?,15+/m1/s1. The Morgan fingerprint density at radius 3 is 2.94 bits per heavy atom. The fraction of sp³-hybridized carbons (Fsp3) is 0.867. The quantitative estimate of drug-likeness (QED) is 0.255. The first kappa shape index (κ1) is 16.4. The van der Waals surface area contributed by atoms with E-state index in [0.29, 0.717) is 32.8 Å². The second-order valence-corrected chi connectivity index (χ2v) is 8.56. The Morgan fingerprint density at radius 2 is 2.28 bits per heavy atom. The molecule has 2 nitrogen and oxygen atoms in total. The minimum absolute atomic E-state index is 0.297. The van der Waals surface area contributed by atoms with E-state index in [1.54, 1.807) is 0 Å². The molecule has 1 unspecified atom stereocenters. The monoisotopic (exact) mass is 365 g/mol. The van der Waals surface area contributed by atoms with Gasteiger partial charge in [0.25, 0.3) is 0 Å². The molecule has 0 amide bonds. The van der Waals surface area contributed by atoms with Gasteiger partial charge in [0, 0.05) is 0 Å². The van der Waals surface area contributed by atoms with E-state index in [-0.39, 0.29) is 0 Å². The Balaban J connectivity index is 2.26. The van der Waals surface area contributed by atoms with Crippen molar-refractivity contribution in [2.45, 2.75) is 58.0 Å². The number of alkyl halides is 2. The van der Waals surface area contributed by atoms with Gasteiger partial charge in [0.2, 0.25) is 0 Å². The van der Waals surface area contributed by atoms with E-state index >= 15 is 0 Å². The molecule has 3 atom stereocenters. The topological polar surface area (TPSA) is 24.1 Å². The summed E-state index contributed by atoms with van der Waals surface area (Å²) in [5.74, 6) is 0.741. The van der Waals surface area contributed by atoms with E-state index < -0.39 is 0 Å². The molecule has 1 fully saturated rings. The van der Waals surface area contributed by atoms with Crippen molar-refractivity contribution in [3.63, 3.8) is 0 Å². The van der Waals surface area contributed by atoms with Gasteiger partial charge in [-0.2, -0.15) is 0 Å². The summed E-state index contributed by atoms with van der Waals surface area (Å²) in [6.07, 6.45) is 7.45. The average molecular weight is 365 g/mol. The number of unbranched alkanes of at least 4 members (excludes halogenated alkanes) is 1. The molecule has 0 aromatic carbocycles. The molecule has 0 aliphatic carbocycles. The van der Waals surface area contributed by atoms with Crippen molar-refractivity contribution in [2.75, 3.05) is 15.5 Å². The number of nitrogens with one attached hydrogen (secondary N) is 2. The van der Waals surface area contributed by atoms with Crippen LogP contribution in [0.4, 0.5) is 0 Å². The van der Waals surface area contributed by atoms with Crippen molar-refractivity contribution in [3.05, 3.63) is 12.7 Å². The van der Waals surface area contributed by atoms with Gasteiger partial charge >= 0.3 is 124 Å². The molecular weight excluding hydrogens is 335 g/mol. The van der Waals surface area contributed by atoms with Crippen LogP contribution in [-0.4, -0.2) is 27.1 Å². The van der Waals surface area contributed by atoms with E-state index in [1.165, 1.54) is 34.5 Å². The summed E-state index contributed by atoms with van der Waals surface area (Å²) in [6.45, 7) is 11.9. The molecule has 1 aliphatic rings.